The van der Waals surface area contributed by atoms with Crippen LogP contribution in [-0.2, 0) is 0 Å². The highest BCUT2D eigenvalue weighted by Crippen LogP contribution is 2.38. The lowest BCUT2D eigenvalue weighted by Gasteiger charge is -2.12. The molecule has 3 aromatic rings. The summed E-state index contributed by atoms with van der Waals surface area (Å²) in [7, 11) is 3.16. The molecule has 1 amide bonds. The number of nitrogens with one attached hydrogen (secondary N) is 1. The Bertz CT molecular complexity index is 1020. The molecule has 0 unspecified atom stereocenters. The molecule has 10 heteroatoms. The number of ether oxygens (including phenoxy) is 1. The standard InChI is InChI=1S/C19H16Cl2F2N4O2/c1-26(2)25-18(28)15-17(29-19(22)23)16(11-7-9-12(20)10-8-11)27(24-15)14-6-4-3-5-13(14)21/h3-10,19H,1-2H3,(H,25,28). The summed E-state index contributed by atoms with van der Waals surface area (Å²) in [5, 5.41) is 6.39. The second kappa shape index (κ2) is 8.77. The number of alkyl halides is 2. The van der Waals surface area contributed by atoms with Crippen molar-refractivity contribution in [2.75, 3.05) is 14.1 Å². The van der Waals surface area contributed by atoms with Crippen molar-refractivity contribution in [1.29, 1.82) is 0 Å². The number of hydrogen-bond donors (Lipinski definition) is 1. The van der Waals surface area contributed by atoms with Gasteiger partial charge in [-0.05, 0) is 24.3 Å². The van der Waals surface area contributed by atoms with Gasteiger partial charge in [0.05, 0.1) is 10.7 Å². The number of para-hydroxylation sites is 1. The fraction of sp³-hybridized carbons (Fsp3) is 0.158. The molecule has 3 rings (SSSR count). The summed E-state index contributed by atoms with van der Waals surface area (Å²) in [5.74, 6) is -1.09. The fourth-order valence-corrected chi connectivity index (χ4v) is 3.01. The topological polar surface area (TPSA) is 59.4 Å². The van der Waals surface area contributed by atoms with Crippen molar-refractivity contribution in [2.45, 2.75) is 6.61 Å². The van der Waals surface area contributed by atoms with E-state index in [2.05, 4.69) is 10.5 Å². The van der Waals surface area contributed by atoms with E-state index in [0.29, 0.717) is 21.3 Å². The number of hydrogen-bond acceptors (Lipinski definition) is 4. The number of rotatable bonds is 6. The van der Waals surface area contributed by atoms with Crippen molar-refractivity contribution < 1.29 is 18.3 Å². The number of benzene rings is 2. The van der Waals surface area contributed by atoms with E-state index in [1.807, 2.05) is 0 Å². The van der Waals surface area contributed by atoms with Crippen molar-refractivity contribution in [3.05, 3.63) is 64.3 Å². The summed E-state index contributed by atoms with van der Waals surface area (Å²) in [6.07, 6.45) is 0. The summed E-state index contributed by atoms with van der Waals surface area (Å²) < 4.78 is 32.5. The molecule has 1 N–H and O–H groups in total. The Morgan fingerprint density at radius 1 is 1.14 bits per heavy atom. The fourth-order valence-electron chi connectivity index (χ4n) is 2.67. The van der Waals surface area contributed by atoms with Crippen LogP contribution in [-0.4, -0.2) is 41.4 Å². The first-order valence-electron chi connectivity index (χ1n) is 8.35. The first-order chi connectivity index (χ1) is 13.8. The van der Waals surface area contributed by atoms with Gasteiger partial charge in [0.25, 0.3) is 5.91 Å². The Kier molecular flexibility index (Phi) is 6.36. The Labute approximate surface area is 175 Å². The monoisotopic (exact) mass is 440 g/mol. The molecule has 0 spiro atoms. The van der Waals surface area contributed by atoms with Crippen molar-refractivity contribution in [2.24, 2.45) is 0 Å². The SMILES string of the molecule is CN(C)NC(=O)c1nn(-c2ccccc2Cl)c(-c2ccc(Cl)cc2)c1OC(F)F. The van der Waals surface area contributed by atoms with Crippen LogP contribution in [0, 0.1) is 0 Å². The maximum absolute atomic E-state index is 13.2. The average Bonchev–Trinajstić information content (AvgIpc) is 3.00. The second-order valence-corrected chi connectivity index (χ2v) is 6.95. The molecule has 0 saturated heterocycles. The summed E-state index contributed by atoms with van der Waals surface area (Å²) in [4.78, 5) is 12.6. The van der Waals surface area contributed by atoms with Gasteiger partial charge in [-0.1, -0.05) is 47.5 Å². The quantitative estimate of drug-likeness (QED) is 0.566. The van der Waals surface area contributed by atoms with Crippen LogP contribution in [0.15, 0.2) is 48.5 Å². The van der Waals surface area contributed by atoms with Gasteiger partial charge in [-0.15, -0.1) is 0 Å². The van der Waals surface area contributed by atoms with E-state index < -0.39 is 12.5 Å². The van der Waals surface area contributed by atoms with Gasteiger partial charge >= 0.3 is 6.61 Å². The third-order valence-electron chi connectivity index (χ3n) is 3.79. The van der Waals surface area contributed by atoms with E-state index in [4.69, 9.17) is 27.9 Å². The molecular weight excluding hydrogens is 425 g/mol. The Hall–Kier alpha value is -2.68. The van der Waals surface area contributed by atoms with Gasteiger partial charge in [0, 0.05) is 24.7 Å². The van der Waals surface area contributed by atoms with E-state index in [0.717, 1.165) is 0 Å². The Balaban J connectivity index is 2.31. The van der Waals surface area contributed by atoms with Crippen molar-refractivity contribution in [3.63, 3.8) is 0 Å². The van der Waals surface area contributed by atoms with Gasteiger partial charge in [0.2, 0.25) is 0 Å². The zero-order valence-corrected chi connectivity index (χ0v) is 16.9. The smallest absolute Gasteiger partial charge is 0.387 e. The number of aromatic nitrogens is 2. The van der Waals surface area contributed by atoms with E-state index in [1.165, 1.54) is 9.69 Å². The molecule has 1 heterocycles. The van der Waals surface area contributed by atoms with E-state index in [1.54, 1.807) is 62.6 Å². The zero-order valence-electron chi connectivity index (χ0n) is 15.4. The maximum atomic E-state index is 13.2. The van der Waals surface area contributed by atoms with E-state index >= 15 is 0 Å². The lowest BCUT2D eigenvalue weighted by molar-refractivity contribution is -0.0498. The van der Waals surface area contributed by atoms with Crippen LogP contribution in [0.1, 0.15) is 10.5 Å². The minimum absolute atomic E-state index is 0.138. The molecule has 29 heavy (non-hydrogen) atoms. The number of amides is 1. The minimum Gasteiger partial charge on any atom is -0.430 e. The predicted molar refractivity (Wildman–Crippen MR) is 107 cm³/mol. The highest BCUT2D eigenvalue weighted by molar-refractivity contribution is 6.32. The molecule has 0 bridgehead atoms. The second-order valence-electron chi connectivity index (χ2n) is 6.11. The average molecular weight is 441 g/mol. The Morgan fingerprint density at radius 2 is 1.79 bits per heavy atom. The minimum atomic E-state index is -3.17. The van der Waals surface area contributed by atoms with Crippen molar-refractivity contribution >= 4 is 29.1 Å². The first kappa shape index (κ1) is 21.0. The van der Waals surface area contributed by atoms with E-state index in [-0.39, 0.29) is 17.1 Å². The molecular formula is C19H16Cl2F2N4O2. The number of hydrazine groups is 1. The van der Waals surface area contributed by atoms with Crippen LogP contribution in [0.4, 0.5) is 8.78 Å². The summed E-state index contributed by atoms with van der Waals surface area (Å²) in [6.45, 7) is -3.17. The third kappa shape index (κ3) is 4.67. The zero-order chi connectivity index (χ0) is 21.1. The summed E-state index contributed by atoms with van der Waals surface area (Å²) >= 11 is 12.2. The van der Waals surface area contributed by atoms with Gasteiger partial charge in [0.1, 0.15) is 5.69 Å². The molecule has 152 valence electrons. The molecule has 0 radical (unpaired) electrons. The number of carbonyl (C=O) groups excluding carboxylic acids is 1. The largest absolute Gasteiger partial charge is 0.430 e. The van der Waals surface area contributed by atoms with Gasteiger partial charge in [-0.25, -0.2) is 9.69 Å². The van der Waals surface area contributed by atoms with Crippen LogP contribution in [0.2, 0.25) is 10.0 Å². The first-order valence-corrected chi connectivity index (χ1v) is 9.10. The molecule has 1 aromatic heterocycles. The summed E-state index contributed by atoms with van der Waals surface area (Å²) in [6, 6.07) is 13.1. The maximum Gasteiger partial charge on any atom is 0.387 e. The van der Waals surface area contributed by atoms with Gasteiger partial charge in [-0.3, -0.25) is 10.2 Å². The van der Waals surface area contributed by atoms with Crippen LogP contribution in [0.5, 0.6) is 5.75 Å². The number of carbonyl (C=O) groups is 1. The number of halogens is 4. The van der Waals surface area contributed by atoms with Gasteiger partial charge in [-0.2, -0.15) is 13.9 Å². The summed E-state index contributed by atoms with van der Waals surface area (Å²) in [5.41, 5.74) is 3.15. The molecule has 2 aromatic carbocycles. The molecule has 6 nitrogen and oxygen atoms in total. The molecule has 0 aliphatic rings. The lowest BCUT2D eigenvalue weighted by Crippen LogP contribution is -2.36. The van der Waals surface area contributed by atoms with Crippen LogP contribution >= 0.6 is 23.2 Å². The van der Waals surface area contributed by atoms with Crippen LogP contribution < -0.4 is 10.2 Å². The highest BCUT2D eigenvalue weighted by atomic mass is 35.5. The molecule has 0 saturated carbocycles. The molecule has 0 fully saturated rings. The lowest BCUT2D eigenvalue weighted by atomic mass is 10.1. The van der Waals surface area contributed by atoms with Crippen LogP contribution in [0.25, 0.3) is 16.9 Å². The van der Waals surface area contributed by atoms with Crippen molar-refractivity contribution in [3.8, 4) is 22.7 Å². The predicted octanol–water partition coefficient (Wildman–Crippen LogP) is 4.65. The van der Waals surface area contributed by atoms with Crippen molar-refractivity contribution in [1.82, 2.24) is 20.2 Å². The number of nitrogens with zero attached hydrogens (tertiary/aromatic N) is 3. The third-order valence-corrected chi connectivity index (χ3v) is 4.36. The van der Waals surface area contributed by atoms with Gasteiger partial charge in [0.15, 0.2) is 11.4 Å². The normalized spacial score (nSPS) is 11.2. The van der Waals surface area contributed by atoms with E-state index in [9.17, 15) is 13.6 Å². The van der Waals surface area contributed by atoms with Crippen LogP contribution in [0.3, 0.4) is 0 Å². The Morgan fingerprint density at radius 3 is 2.38 bits per heavy atom. The highest BCUT2D eigenvalue weighted by Gasteiger charge is 2.29. The van der Waals surface area contributed by atoms with Gasteiger partial charge < -0.3 is 4.74 Å². The molecule has 0 atom stereocenters. The molecule has 0 aliphatic heterocycles. The molecule has 0 aliphatic carbocycles.